The molecule has 0 unspecified atom stereocenters. The fourth-order valence-electron chi connectivity index (χ4n) is 1.55. The Labute approximate surface area is 127 Å². The van der Waals surface area contributed by atoms with E-state index in [1.54, 1.807) is 24.3 Å². The molecule has 0 aliphatic rings. The fourth-order valence-corrected chi connectivity index (χ4v) is 1.67. The molecule has 21 heavy (non-hydrogen) atoms. The van der Waals surface area contributed by atoms with Crippen LogP contribution in [0.1, 0.15) is 20.8 Å². The first-order valence-corrected chi connectivity index (χ1v) is 6.67. The van der Waals surface area contributed by atoms with E-state index in [9.17, 15) is 14.7 Å². The van der Waals surface area contributed by atoms with E-state index in [2.05, 4.69) is 5.32 Å². The molecule has 6 nitrogen and oxygen atoms in total. The lowest BCUT2D eigenvalue weighted by molar-refractivity contribution is -0.147. The van der Waals surface area contributed by atoms with Crippen LogP contribution in [0.4, 0.5) is 0 Å². The number of carbonyl (C=O) groups excluding carboxylic acids is 1. The van der Waals surface area contributed by atoms with Gasteiger partial charge in [0, 0.05) is 5.02 Å². The zero-order valence-corrected chi connectivity index (χ0v) is 12.7. The first-order valence-electron chi connectivity index (χ1n) is 6.30. The zero-order chi connectivity index (χ0) is 16.2. The lowest BCUT2D eigenvalue weighted by atomic mass is 10.1. The molecule has 116 valence electrons. The highest BCUT2D eigenvalue weighted by molar-refractivity contribution is 6.30. The maximum absolute atomic E-state index is 12.1. The molecule has 1 amide bonds. The molecule has 7 heteroatoms. The van der Waals surface area contributed by atoms with Crippen molar-refractivity contribution in [3.8, 4) is 5.75 Å². The summed E-state index contributed by atoms with van der Waals surface area (Å²) in [6.07, 6.45) is -1.22. The van der Waals surface area contributed by atoms with Crippen molar-refractivity contribution in [2.75, 3.05) is 0 Å². The summed E-state index contributed by atoms with van der Waals surface area (Å²) in [5.41, 5.74) is -1.31. The van der Waals surface area contributed by atoms with Gasteiger partial charge in [0.2, 0.25) is 0 Å². The van der Waals surface area contributed by atoms with Gasteiger partial charge in [-0.1, -0.05) is 11.6 Å². The van der Waals surface area contributed by atoms with Gasteiger partial charge < -0.3 is 20.3 Å². The van der Waals surface area contributed by atoms with Gasteiger partial charge in [-0.05, 0) is 45.0 Å². The van der Waals surface area contributed by atoms with Crippen molar-refractivity contribution in [2.45, 2.75) is 38.5 Å². The number of hydrogen-bond acceptors (Lipinski definition) is 4. The second-order valence-electron chi connectivity index (χ2n) is 5.10. The summed E-state index contributed by atoms with van der Waals surface area (Å²) in [6, 6.07) is 5.02. The summed E-state index contributed by atoms with van der Waals surface area (Å²) < 4.78 is 5.53. The first kappa shape index (κ1) is 17.3. The molecule has 1 rings (SSSR count). The second-order valence-corrected chi connectivity index (χ2v) is 5.53. The highest BCUT2D eigenvalue weighted by atomic mass is 35.5. The summed E-state index contributed by atoms with van der Waals surface area (Å²) >= 11 is 5.76. The van der Waals surface area contributed by atoms with E-state index in [1.807, 2.05) is 0 Å². The molecule has 0 heterocycles. The van der Waals surface area contributed by atoms with Crippen molar-refractivity contribution in [3.05, 3.63) is 29.3 Å². The van der Waals surface area contributed by atoms with Crippen LogP contribution in [0.3, 0.4) is 0 Å². The molecule has 3 N–H and O–H groups in total. The van der Waals surface area contributed by atoms with Gasteiger partial charge in [0.05, 0.1) is 6.10 Å². The molecule has 0 aromatic heterocycles. The smallest absolute Gasteiger partial charge is 0.328 e. The minimum absolute atomic E-state index is 0.420. The monoisotopic (exact) mass is 315 g/mol. The fraction of sp³-hybridized carbons (Fsp3) is 0.429. The predicted octanol–water partition coefficient (Wildman–Crippen LogP) is 1.45. The number of benzene rings is 1. The van der Waals surface area contributed by atoms with Crippen molar-refractivity contribution in [3.63, 3.8) is 0 Å². The topological polar surface area (TPSA) is 95.9 Å². The normalized spacial score (nSPS) is 14.1. The molecule has 0 bridgehead atoms. The van der Waals surface area contributed by atoms with E-state index in [0.29, 0.717) is 10.8 Å². The lowest BCUT2D eigenvalue weighted by Gasteiger charge is -2.27. The number of aliphatic carboxylic acids is 1. The van der Waals surface area contributed by atoms with Crippen LogP contribution in [-0.2, 0) is 9.59 Å². The molecule has 0 saturated carbocycles. The van der Waals surface area contributed by atoms with E-state index in [-0.39, 0.29) is 0 Å². The van der Waals surface area contributed by atoms with E-state index >= 15 is 0 Å². The molecule has 0 fully saturated rings. The van der Waals surface area contributed by atoms with Crippen molar-refractivity contribution in [2.24, 2.45) is 0 Å². The Morgan fingerprint density at radius 1 is 1.29 bits per heavy atom. The molecule has 0 aliphatic carbocycles. The summed E-state index contributed by atoms with van der Waals surface area (Å²) in [7, 11) is 0. The Balaban J connectivity index is 2.79. The van der Waals surface area contributed by atoms with Crippen molar-refractivity contribution < 1.29 is 24.5 Å². The van der Waals surface area contributed by atoms with Crippen LogP contribution in [0.2, 0.25) is 5.02 Å². The van der Waals surface area contributed by atoms with Crippen molar-refractivity contribution in [1.29, 1.82) is 0 Å². The molecular weight excluding hydrogens is 298 g/mol. The number of rotatable bonds is 6. The van der Waals surface area contributed by atoms with Gasteiger partial charge in [0.25, 0.3) is 5.91 Å². The number of ether oxygens (including phenoxy) is 1. The third-order valence-corrected chi connectivity index (χ3v) is 3.02. The van der Waals surface area contributed by atoms with Gasteiger partial charge in [-0.15, -0.1) is 0 Å². The standard InChI is InChI=1S/C14H18ClNO5/c1-8(17)11(12(18)19)16-13(20)14(2,3)21-10-6-4-9(15)5-7-10/h4-8,11,17H,1-3H3,(H,16,20)(H,18,19)/t8-,11+/m1/s1. The zero-order valence-electron chi connectivity index (χ0n) is 12.0. The first-order chi connectivity index (χ1) is 9.63. The third kappa shape index (κ3) is 4.91. The van der Waals surface area contributed by atoms with E-state index in [4.69, 9.17) is 21.4 Å². The molecule has 2 atom stereocenters. The van der Waals surface area contributed by atoms with Crippen LogP contribution < -0.4 is 10.1 Å². The SMILES string of the molecule is C[C@@H](O)[C@H](NC(=O)C(C)(C)Oc1ccc(Cl)cc1)C(=O)O. The van der Waals surface area contributed by atoms with Crippen LogP contribution in [-0.4, -0.2) is 39.8 Å². The number of hydrogen-bond donors (Lipinski definition) is 3. The summed E-state index contributed by atoms with van der Waals surface area (Å²) in [6.45, 7) is 4.28. The average Bonchev–Trinajstić information content (AvgIpc) is 2.37. The van der Waals surface area contributed by atoms with Crippen LogP contribution >= 0.6 is 11.6 Å². The quantitative estimate of drug-likeness (QED) is 0.738. The van der Waals surface area contributed by atoms with Crippen LogP contribution in [0.5, 0.6) is 5.75 Å². The molecular formula is C14H18ClNO5. The molecule has 0 aliphatic heterocycles. The predicted molar refractivity (Wildman–Crippen MR) is 77.4 cm³/mol. The number of halogens is 1. The summed E-state index contributed by atoms with van der Waals surface area (Å²) in [4.78, 5) is 23.1. The van der Waals surface area contributed by atoms with E-state index in [0.717, 1.165) is 0 Å². The summed E-state index contributed by atoms with van der Waals surface area (Å²) in [5, 5.41) is 21.1. The van der Waals surface area contributed by atoms with Gasteiger partial charge in [0.15, 0.2) is 11.6 Å². The average molecular weight is 316 g/mol. The third-order valence-electron chi connectivity index (χ3n) is 2.77. The summed E-state index contributed by atoms with van der Waals surface area (Å²) in [5.74, 6) is -1.55. The maximum atomic E-state index is 12.1. The van der Waals surface area contributed by atoms with E-state index in [1.165, 1.54) is 20.8 Å². The Bertz CT molecular complexity index is 513. The van der Waals surface area contributed by atoms with Gasteiger partial charge in [-0.2, -0.15) is 0 Å². The number of aliphatic hydroxyl groups excluding tert-OH is 1. The van der Waals surface area contributed by atoms with Gasteiger partial charge in [-0.3, -0.25) is 4.79 Å². The number of carboxylic acid groups (broad SMARTS) is 1. The number of carboxylic acids is 1. The highest BCUT2D eigenvalue weighted by Crippen LogP contribution is 2.21. The number of amides is 1. The van der Waals surface area contributed by atoms with E-state index < -0.39 is 29.6 Å². The minimum Gasteiger partial charge on any atom is -0.480 e. The lowest BCUT2D eigenvalue weighted by Crippen LogP contribution is -2.55. The molecule has 0 saturated heterocycles. The molecule has 0 radical (unpaired) electrons. The van der Waals surface area contributed by atoms with Gasteiger partial charge in [-0.25, -0.2) is 4.79 Å². The van der Waals surface area contributed by atoms with Crippen molar-refractivity contribution >= 4 is 23.5 Å². The maximum Gasteiger partial charge on any atom is 0.328 e. The highest BCUT2D eigenvalue weighted by Gasteiger charge is 2.35. The Morgan fingerprint density at radius 2 is 1.81 bits per heavy atom. The van der Waals surface area contributed by atoms with Gasteiger partial charge >= 0.3 is 5.97 Å². The van der Waals surface area contributed by atoms with Crippen LogP contribution in [0.25, 0.3) is 0 Å². The number of nitrogens with one attached hydrogen (secondary N) is 1. The Hall–Kier alpha value is -1.79. The largest absolute Gasteiger partial charge is 0.480 e. The molecule has 0 spiro atoms. The Morgan fingerprint density at radius 3 is 2.24 bits per heavy atom. The van der Waals surface area contributed by atoms with Crippen LogP contribution in [0, 0.1) is 0 Å². The number of carbonyl (C=O) groups is 2. The second kappa shape index (κ2) is 6.78. The molecule has 1 aromatic carbocycles. The van der Waals surface area contributed by atoms with Crippen LogP contribution in [0.15, 0.2) is 24.3 Å². The van der Waals surface area contributed by atoms with Crippen molar-refractivity contribution in [1.82, 2.24) is 5.32 Å². The molecule has 1 aromatic rings. The minimum atomic E-state index is -1.40. The number of aliphatic hydroxyl groups is 1. The van der Waals surface area contributed by atoms with Gasteiger partial charge in [0.1, 0.15) is 5.75 Å². The Kier molecular flexibility index (Phi) is 5.57.